The van der Waals surface area contributed by atoms with Gasteiger partial charge in [0.1, 0.15) is 6.10 Å². The van der Waals surface area contributed by atoms with Gasteiger partial charge in [-0.05, 0) is 19.1 Å². The average Bonchev–Trinajstić information content (AvgIpc) is 2.61. The van der Waals surface area contributed by atoms with E-state index in [1.54, 1.807) is 4.90 Å². The molecule has 0 saturated carbocycles. The van der Waals surface area contributed by atoms with Crippen LogP contribution in [-0.2, 0) is 4.74 Å². The number of carbonyl (C=O) groups excluding carboxylic acids is 1. The van der Waals surface area contributed by atoms with Crippen LogP contribution in [0, 0.1) is 18.3 Å². The van der Waals surface area contributed by atoms with Gasteiger partial charge in [-0.25, -0.2) is 4.79 Å². The molecule has 0 aliphatic carbocycles. The highest BCUT2D eigenvalue weighted by Gasteiger charge is 2.31. The van der Waals surface area contributed by atoms with Crippen LogP contribution in [0.5, 0.6) is 0 Å². The Bertz CT molecular complexity index is 433. The lowest BCUT2D eigenvalue weighted by atomic mass is 10.2. The smallest absolute Gasteiger partial charge is 0.414 e. The van der Waals surface area contributed by atoms with E-state index in [1.807, 2.05) is 37.3 Å². The lowest BCUT2D eigenvalue weighted by Crippen LogP contribution is -2.24. The fraction of sp³-hybridized carbons (Fsp3) is 0.333. The van der Waals surface area contributed by atoms with Gasteiger partial charge in [-0.3, -0.25) is 4.90 Å². The second-order valence-electron chi connectivity index (χ2n) is 3.81. The van der Waals surface area contributed by atoms with Crippen LogP contribution in [0.2, 0.25) is 0 Å². The number of nitrogens with zero attached hydrogens (tertiary/aromatic N) is 2. The van der Waals surface area contributed by atoms with Crippen molar-refractivity contribution in [2.45, 2.75) is 19.4 Å². The van der Waals surface area contributed by atoms with Gasteiger partial charge in [-0.15, -0.1) is 0 Å². The van der Waals surface area contributed by atoms with Crippen LogP contribution in [0.3, 0.4) is 0 Å². The second-order valence-corrected chi connectivity index (χ2v) is 3.81. The van der Waals surface area contributed by atoms with Gasteiger partial charge in [-0.2, -0.15) is 5.26 Å². The molecule has 0 bridgehead atoms. The summed E-state index contributed by atoms with van der Waals surface area (Å²) in [6, 6.07) is 9.66. The highest BCUT2D eigenvalue weighted by atomic mass is 16.6. The van der Waals surface area contributed by atoms with Crippen molar-refractivity contribution in [2.75, 3.05) is 11.4 Å². The van der Waals surface area contributed by atoms with Crippen LogP contribution in [0.1, 0.15) is 12.0 Å². The Morgan fingerprint density at radius 2 is 2.19 bits per heavy atom. The van der Waals surface area contributed by atoms with E-state index in [0.717, 1.165) is 11.3 Å². The quantitative estimate of drug-likeness (QED) is 0.761. The maximum Gasteiger partial charge on any atom is 0.414 e. The van der Waals surface area contributed by atoms with Gasteiger partial charge in [0, 0.05) is 5.69 Å². The molecule has 0 radical (unpaired) electrons. The van der Waals surface area contributed by atoms with Crippen molar-refractivity contribution in [1.82, 2.24) is 0 Å². The van der Waals surface area contributed by atoms with Crippen LogP contribution < -0.4 is 4.90 Å². The Labute approximate surface area is 94.0 Å². The lowest BCUT2D eigenvalue weighted by Gasteiger charge is -2.12. The summed E-state index contributed by atoms with van der Waals surface area (Å²) in [7, 11) is 0. The summed E-state index contributed by atoms with van der Waals surface area (Å²) in [6.07, 6.45) is -0.434. The van der Waals surface area contributed by atoms with Crippen LogP contribution >= 0.6 is 0 Å². The predicted octanol–water partition coefficient (Wildman–Crippen LogP) is 2.23. The van der Waals surface area contributed by atoms with Gasteiger partial charge in [0.2, 0.25) is 0 Å². The van der Waals surface area contributed by atoms with E-state index in [1.165, 1.54) is 0 Å². The van der Waals surface area contributed by atoms with Crippen molar-refractivity contribution in [3.8, 4) is 6.07 Å². The Hall–Kier alpha value is -2.02. The number of anilines is 1. The molecule has 1 amide bonds. The number of rotatable bonds is 2. The highest BCUT2D eigenvalue weighted by molar-refractivity contribution is 5.89. The Kier molecular flexibility index (Phi) is 2.78. The van der Waals surface area contributed by atoms with E-state index in [9.17, 15) is 4.79 Å². The molecule has 0 spiro atoms. The van der Waals surface area contributed by atoms with Crippen molar-refractivity contribution >= 4 is 11.8 Å². The SMILES string of the molecule is Cc1ccc(N2CC(CC#N)OC2=O)cc1. The monoisotopic (exact) mass is 216 g/mol. The highest BCUT2D eigenvalue weighted by Crippen LogP contribution is 2.22. The first kappa shape index (κ1) is 10.5. The van der Waals surface area contributed by atoms with Crippen LogP contribution in [0.25, 0.3) is 0 Å². The van der Waals surface area contributed by atoms with Crippen molar-refractivity contribution < 1.29 is 9.53 Å². The van der Waals surface area contributed by atoms with Gasteiger partial charge in [0.05, 0.1) is 19.0 Å². The molecule has 1 aliphatic heterocycles. The van der Waals surface area contributed by atoms with E-state index >= 15 is 0 Å². The number of hydrogen-bond acceptors (Lipinski definition) is 3. The first-order valence-corrected chi connectivity index (χ1v) is 5.12. The van der Waals surface area contributed by atoms with Gasteiger partial charge >= 0.3 is 6.09 Å². The topological polar surface area (TPSA) is 53.3 Å². The number of carbonyl (C=O) groups is 1. The number of ether oxygens (including phenoxy) is 1. The van der Waals surface area contributed by atoms with Crippen LogP contribution in [0.4, 0.5) is 10.5 Å². The van der Waals surface area contributed by atoms with Crippen molar-refractivity contribution in [3.63, 3.8) is 0 Å². The molecule has 0 aromatic heterocycles. The van der Waals surface area contributed by atoms with Gasteiger partial charge in [-0.1, -0.05) is 17.7 Å². The summed E-state index contributed by atoms with van der Waals surface area (Å²) in [5.74, 6) is 0. The molecule has 1 fully saturated rings. The summed E-state index contributed by atoms with van der Waals surface area (Å²) in [5, 5.41) is 8.55. The van der Waals surface area contributed by atoms with Crippen molar-refractivity contribution in [1.29, 1.82) is 5.26 Å². The lowest BCUT2D eigenvalue weighted by molar-refractivity contribution is 0.143. The van der Waals surface area contributed by atoms with Crippen molar-refractivity contribution in [2.24, 2.45) is 0 Å². The van der Waals surface area contributed by atoms with Crippen molar-refractivity contribution in [3.05, 3.63) is 29.8 Å². The Balaban J connectivity index is 2.14. The van der Waals surface area contributed by atoms with Crippen LogP contribution in [0.15, 0.2) is 24.3 Å². The predicted molar refractivity (Wildman–Crippen MR) is 59.0 cm³/mol. The fourth-order valence-corrected chi connectivity index (χ4v) is 1.67. The minimum absolute atomic E-state index is 0.244. The zero-order valence-corrected chi connectivity index (χ0v) is 9.01. The minimum Gasteiger partial charge on any atom is -0.443 e. The maximum absolute atomic E-state index is 11.5. The molecule has 1 unspecified atom stereocenters. The molecule has 4 nitrogen and oxygen atoms in total. The number of hydrogen-bond donors (Lipinski definition) is 0. The molecule has 1 aromatic rings. The van der Waals surface area contributed by atoms with E-state index in [4.69, 9.17) is 10.00 Å². The average molecular weight is 216 g/mol. The second kappa shape index (κ2) is 4.23. The molecule has 82 valence electrons. The number of benzene rings is 1. The Morgan fingerprint density at radius 1 is 1.50 bits per heavy atom. The Morgan fingerprint density at radius 3 is 2.81 bits per heavy atom. The minimum atomic E-state index is -0.371. The molecular formula is C12H12N2O2. The molecule has 1 saturated heterocycles. The van der Waals surface area contributed by atoms with E-state index in [2.05, 4.69) is 0 Å². The zero-order valence-electron chi connectivity index (χ0n) is 9.01. The van der Waals surface area contributed by atoms with Gasteiger partial charge in [0.15, 0.2) is 0 Å². The van der Waals surface area contributed by atoms with E-state index in [-0.39, 0.29) is 18.6 Å². The molecule has 1 atom stereocenters. The third kappa shape index (κ3) is 1.98. The maximum atomic E-state index is 11.5. The van der Waals surface area contributed by atoms with Gasteiger partial charge in [0.25, 0.3) is 0 Å². The van der Waals surface area contributed by atoms with E-state index in [0.29, 0.717) is 6.54 Å². The molecular weight excluding hydrogens is 204 g/mol. The third-order valence-corrected chi connectivity index (χ3v) is 2.54. The standard InChI is InChI=1S/C12H12N2O2/c1-9-2-4-10(5-3-9)14-8-11(6-7-13)16-12(14)15/h2-5,11H,6,8H2,1H3. The molecule has 4 heteroatoms. The summed E-state index contributed by atoms with van der Waals surface area (Å²) in [6.45, 7) is 2.44. The number of aryl methyl sites for hydroxylation is 1. The number of amides is 1. The summed E-state index contributed by atoms with van der Waals surface area (Å²) in [5.41, 5.74) is 1.96. The summed E-state index contributed by atoms with van der Waals surface area (Å²) < 4.78 is 5.06. The van der Waals surface area contributed by atoms with Crippen LogP contribution in [-0.4, -0.2) is 18.7 Å². The fourth-order valence-electron chi connectivity index (χ4n) is 1.67. The first-order chi connectivity index (χ1) is 7.70. The third-order valence-electron chi connectivity index (χ3n) is 2.54. The largest absolute Gasteiger partial charge is 0.443 e. The number of cyclic esters (lactones) is 1. The summed E-state index contributed by atoms with van der Waals surface area (Å²) in [4.78, 5) is 13.1. The zero-order chi connectivity index (χ0) is 11.5. The van der Waals surface area contributed by atoms with E-state index < -0.39 is 0 Å². The number of nitriles is 1. The molecule has 2 rings (SSSR count). The molecule has 16 heavy (non-hydrogen) atoms. The normalized spacial score (nSPS) is 19.4. The molecule has 0 N–H and O–H groups in total. The molecule has 1 aromatic carbocycles. The molecule has 1 aliphatic rings. The summed E-state index contributed by atoms with van der Waals surface area (Å²) >= 11 is 0. The molecule has 1 heterocycles. The van der Waals surface area contributed by atoms with Gasteiger partial charge < -0.3 is 4.74 Å². The first-order valence-electron chi connectivity index (χ1n) is 5.12.